The lowest BCUT2D eigenvalue weighted by atomic mass is 10.4. The normalized spacial score (nSPS) is 10.7. The van der Waals surface area contributed by atoms with E-state index in [1.54, 1.807) is 6.92 Å². The Morgan fingerprint density at radius 2 is 1.93 bits per heavy atom. The van der Waals surface area contributed by atoms with E-state index in [0.29, 0.717) is 11.9 Å². The average molecular weight is 213 g/mol. The van der Waals surface area contributed by atoms with Crippen molar-refractivity contribution in [2.45, 2.75) is 6.92 Å². The van der Waals surface area contributed by atoms with E-state index in [1.807, 2.05) is 0 Å². The van der Waals surface area contributed by atoms with E-state index in [0.717, 1.165) is 0 Å². The molecule has 3 nitrogen and oxygen atoms in total. The highest BCUT2D eigenvalue weighted by Gasteiger charge is 2.14. The van der Waals surface area contributed by atoms with E-state index in [-0.39, 0.29) is 5.82 Å². The lowest BCUT2D eigenvalue weighted by Crippen LogP contribution is -2.05. The van der Waals surface area contributed by atoms with Gasteiger partial charge in [-0.25, -0.2) is 13.8 Å². The zero-order chi connectivity index (χ0) is 11.0. The van der Waals surface area contributed by atoms with Crippen molar-refractivity contribution in [2.24, 2.45) is 0 Å². The van der Waals surface area contributed by atoms with Crippen LogP contribution >= 0.6 is 0 Å². The van der Waals surface area contributed by atoms with Crippen LogP contribution in [0.4, 0.5) is 13.2 Å². The molecule has 2 aromatic rings. The van der Waals surface area contributed by atoms with Crippen LogP contribution in [0.5, 0.6) is 0 Å². The number of halogens is 3. The second kappa shape index (κ2) is 3.38. The maximum absolute atomic E-state index is 13.3. The van der Waals surface area contributed by atoms with Gasteiger partial charge in [-0.2, -0.15) is 9.37 Å². The lowest BCUT2D eigenvalue weighted by Gasteiger charge is -2.05. The molecule has 2 heterocycles. The summed E-state index contributed by atoms with van der Waals surface area (Å²) in [6, 6.07) is 0.455. The van der Waals surface area contributed by atoms with Gasteiger partial charge in [-0.1, -0.05) is 0 Å². The summed E-state index contributed by atoms with van der Waals surface area (Å²) >= 11 is 0. The summed E-state index contributed by atoms with van der Waals surface area (Å²) in [6.07, 6.45) is 2.83. The van der Waals surface area contributed by atoms with Crippen LogP contribution in [-0.2, 0) is 0 Å². The molecule has 0 aromatic carbocycles. The number of pyridine rings is 1. The lowest BCUT2D eigenvalue weighted by molar-refractivity contribution is 0.460. The molecule has 0 N–H and O–H groups in total. The van der Waals surface area contributed by atoms with Crippen molar-refractivity contribution in [3.05, 3.63) is 41.9 Å². The minimum Gasteiger partial charge on any atom is -0.286 e. The Morgan fingerprint density at radius 1 is 1.20 bits per heavy atom. The van der Waals surface area contributed by atoms with Gasteiger partial charge in [0.05, 0.1) is 0 Å². The average Bonchev–Trinajstić information content (AvgIpc) is 2.58. The fourth-order valence-electron chi connectivity index (χ4n) is 1.21. The molecule has 0 radical (unpaired) electrons. The second-order valence-electron chi connectivity index (χ2n) is 2.91. The standard InChI is InChI=1S/C9H6F3N3/c1-5-13-2-3-15(5)9-7(11)4-6(10)8(12)14-9/h2-4H,1H3. The molecule has 0 saturated heterocycles. The molecule has 78 valence electrons. The Bertz CT molecular complexity index is 507. The van der Waals surface area contributed by atoms with Crippen molar-refractivity contribution < 1.29 is 13.2 Å². The Kier molecular flexibility index (Phi) is 2.18. The van der Waals surface area contributed by atoms with Crippen molar-refractivity contribution in [1.29, 1.82) is 0 Å². The van der Waals surface area contributed by atoms with Crippen LogP contribution in [-0.4, -0.2) is 14.5 Å². The number of aromatic nitrogens is 3. The molecular formula is C9H6F3N3. The first kappa shape index (κ1) is 9.70. The third kappa shape index (κ3) is 1.58. The van der Waals surface area contributed by atoms with Crippen LogP contribution in [0.3, 0.4) is 0 Å². The maximum Gasteiger partial charge on any atom is 0.251 e. The molecule has 2 rings (SSSR count). The molecule has 0 atom stereocenters. The first-order valence-electron chi connectivity index (χ1n) is 4.11. The molecule has 0 aliphatic carbocycles. The summed E-state index contributed by atoms with van der Waals surface area (Å²) < 4.78 is 39.9. The van der Waals surface area contributed by atoms with Gasteiger partial charge in [0.2, 0.25) is 0 Å². The van der Waals surface area contributed by atoms with Crippen molar-refractivity contribution in [1.82, 2.24) is 14.5 Å². The first-order valence-corrected chi connectivity index (χ1v) is 4.11. The van der Waals surface area contributed by atoms with Crippen molar-refractivity contribution in [3.63, 3.8) is 0 Å². The SMILES string of the molecule is Cc1nccn1-c1nc(F)c(F)cc1F. The highest BCUT2D eigenvalue weighted by atomic mass is 19.2. The third-order valence-corrected chi connectivity index (χ3v) is 1.92. The topological polar surface area (TPSA) is 30.7 Å². The molecule has 0 aliphatic rings. The van der Waals surface area contributed by atoms with Gasteiger partial charge >= 0.3 is 0 Å². The van der Waals surface area contributed by atoms with Crippen molar-refractivity contribution in [3.8, 4) is 5.82 Å². The molecule has 2 aromatic heterocycles. The Labute approximate surface area is 83.2 Å². The summed E-state index contributed by atoms with van der Waals surface area (Å²) in [5, 5.41) is 0. The number of aryl methyl sites for hydroxylation is 1. The quantitative estimate of drug-likeness (QED) is 0.678. The molecule has 0 amide bonds. The van der Waals surface area contributed by atoms with E-state index in [4.69, 9.17) is 0 Å². The highest BCUT2D eigenvalue weighted by Crippen LogP contribution is 2.15. The number of rotatable bonds is 1. The second-order valence-corrected chi connectivity index (χ2v) is 2.91. The number of imidazole rings is 1. The molecule has 15 heavy (non-hydrogen) atoms. The fraction of sp³-hybridized carbons (Fsp3) is 0.111. The van der Waals surface area contributed by atoms with Crippen molar-refractivity contribution >= 4 is 0 Å². The third-order valence-electron chi connectivity index (χ3n) is 1.92. The molecule has 0 fully saturated rings. The summed E-state index contributed by atoms with van der Waals surface area (Å²) in [4.78, 5) is 7.01. The van der Waals surface area contributed by atoms with E-state index in [1.165, 1.54) is 17.0 Å². The van der Waals surface area contributed by atoms with Crippen LogP contribution in [0.25, 0.3) is 5.82 Å². The van der Waals surface area contributed by atoms with E-state index < -0.39 is 17.6 Å². The van der Waals surface area contributed by atoms with Crippen LogP contribution in [0, 0.1) is 24.5 Å². The van der Waals surface area contributed by atoms with E-state index >= 15 is 0 Å². The number of hydrogen-bond donors (Lipinski definition) is 0. The molecule has 0 bridgehead atoms. The Hall–Kier alpha value is -1.85. The minimum absolute atomic E-state index is 0.302. The first-order chi connectivity index (χ1) is 7.09. The monoisotopic (exact) mass is 213 g/mol. The number of hydrogen-bond acceptors (Lipinski definition) is 2. The summed E-state index contributed by atoms with van der Waals surface area (Å²) in [6.45, 7) is 1.60. The van der Waals surface area contributed by atoms with E-state index in [9.17, 15) is 13.2 Å². The van der Waals surface area contributed by atoms with Gasteiger partial charge < -0.3 is 0 Å². The van der Waals surface area contributed by atoms with Gasteiger partial charge in [-0.05, 0) is 6.92 Å². The van der Waals surface area contributed by atoms with Crippen LogP contribution in [0.15, 0.2) is 18.5 Å². The summed E-state index contributed by atoms with van der Waals surface area (Å²) in [5.41, 5.74) is 0. The summed E-state index contributed by atoms with van der Waals surface area (Å²) in [5.74, 6) is -3.44. The predicted octanol–water partition coefficient (Wildman–Crippen LogP) is 1.99. The zero-order valence-electron chi connectivity index (χ0n) is 7.71. The van der Waals surface area contributed by atoms with Crippen LogP contribution < -0.4 is 0 Å². The van der Waals surface area contributed by atoms with Gasteiger partial charge in [0.1, 0.15) is 5.82 Å². The number of nitrogens with zero attached hydrogens (tertiary/aromatic N) is 3. The van der Waals surface area contributed by atoms with Crippen LogP contribution in [0.1, 0.15) is 5.82 Å². The molecular weight excluding hydrogens is 207 g/mol. The highest BCUT2D eigenvalue weighted by molar-refractivity contribution is 5.26. The zero-order valence-corrected chi connectivity index (χ0v) is 7.71. The van der Waals surface area contributed by atoms with Gasteiger partial charge in [-0.3, -0.25) is 4.57 Å². The van der Waals surface area contributed by atoms with Crippen LogP contribution in [0.2, 0.25) is 0 Å². The molecule has 6 heteroatoms. The predicted molar refractivity (Wildman–Crippen MR) is 46.0 cm³/mol. The molecule has 0 spiro atoms. The Balaban J connectivity index is 2.64. The van der Waals surface area contributed by atoms with Gasteiger partial charge in [0.15, 0.2) is 17.5 Å². The van der Waals surface area contributed by atoms with Crippen molar-refractivity contribution in [2.75, 3.05) is 0 Å². The molecule has 0 saturated carbocycles. The maximum atomic E-state index is 13.3. The van der Waals surface area contributed by atoms with Gasteiger partial charge in [0.25, 0.3) is 5.95 Å². The molecule has 0 unspecified atom stereocenters. The minimum atomic E-state index is -1.33. The summed E-state index contributed by atoms with van der Waals surface area (Å²) in [7, 11) is 0. The van der Waals surface area contributed by atoms with E-state index in [2.05, 4.69) is 9.97 Å². The fourth-order valence-corrected chi connectivity index (χ4v) is 1.21. The largest absolute Gasteiger partial charge is 0.286 e. The van der Waals surface area contributed by atoms with Gasteiger partial charge in [0, 0.05) is 18.5 Å². The van der Waals surface area contributed by atoms with Gasteiger partial charge in [-0.15, -0.1) is 0 Å². The molecule has 0 aliphatic heterocycles. The Morgan fingerprint density at radius 3 is 2.53 bits per heavy atom. The smallest absolute Gasteiger partial charge is 0.251 e.